The van der Waals surface area contributed by atoms with Crippen LogP contribution in [0.2, 0.25) is 0 Å². The summed E-state index contributed by atoms with van der Waals surface area (Å²) in [5.74, 6) is 0.0273. The van der Waals surface area contributed by atoms with E-state index in [1.165, 1.54) is 11.3 Å². The monoisotopic (exact) mass is 270 g/mol. The normalized spacial score (nSPS) is 16.8. The molecule has 0 spiro atoms. The van der Waals surface area contributed by atoms with Crippen molar-refractivity contribution >= 4 is 22.4 Å². The van der Waals surface area contributed by atoms with Crippen molar-refractivity contribution in [1.29, 1.82) is 0 Å². The molecule has 1 amide bonds. The summed E-state index contributed by atoms with van der Waals surface area (Å²) in [6.45, 7) is 8.45. The number of hydrogen-bond donors (Lipinski definition) is 1. The summed E-state index contributed by atoms with van der Waals surface area (Å²) >= 11 is 1.44. The maximum absolute atomic E-state index is 11.7. The molecular formula is C12H22N4OS. The van der Waals surface area contributed by atoms with Crippen molar-refractivity contribution in [2.75, 3.05) is 45.1 Å². The van der Waals surface area contributed by atoms with E-state index in [9.17, 15) is 4.79 Å². The highest BCUT2D eigenvalue weighted by atomic mass is 32.1. The predicted molar refractivity (Wildman–Crippen MR) is 76.0 cm³/mol. The predicted octanol–water partition coefficient (Wildman–Crippen LogP) is 1.36. The lowest BCUT2D eigenvalue weighted by Crippen LogP contribution is -2.47. The van der Waals surface area contributed by atoms with Crippen LogP contribution < -0.4 is 5.32 Å². The summed E-state index contributed by atoms with van der Waals surface area (Å²) in [5.41, 5.74) is 0. The molecule has 102 valence electrons. The summed E-state index contributed by atoms with van der Waals surface area (Å²) in [5, 5.41) is 5.33. The van der Waals surface area contributed by atoms with Gasteiger partial charge in [-0.1, -0.05) is 13.8 Å². The molecule has 1 aliphatic heterocycles. The summed E-state index contributed by atoms with van der Waals surface area (Å²) in [6.07, 6.45) is 1.69. The lowest BCUT2D eigenvalue weighted by Gasteiger charge is -2.31. The van der Waals surface area contributed by atoms with Gasteiger partial charge in [0.1, 0.15) is 0 Å². The lowest BCUT2D eigenvalue weighted by molar-refractivity contribution is -0.117. The number of anilines is 1. The third-order valence-electron chi connectivity index (χ3n) is 2.64. The highest BCUT2D eigenvalue weighted by Crippen LogP contribution is 2.10. The zero-order valence-electron chi connectivity index (χ0n) is 11.3. The van der Waals surface area contributed by atoms with Crippen molar-refractivity contribution in [2.45, 2.75) is 13.8 Å². The van der Waals surface area contributed by atoms with Gasteiger partial charge in [-0.25, -0.2) is 4.98 Å². The number of nitrogens with one attached hydrogen (secondary N) is 1. The Bertz CT molecular complexity index is 334. The van der Waals surface area contributed by atoms with Crippen molar-refractivity contribution in [3.8, 4) is 0 Å². The first-order valence-electron chi connectivity index (χ1n) is 6.34. The lowest BCUT2D eigenvalue weighted by atomic mass is 10.3. The fourth-order valence-electron chi connectivity index (χ4n) is 1.65. The van der Waals surface area contributed by atoms with Gasteiger partial charge < -0.3 is 10.2 Å². The Hall–Kier alpha value is -0.980. The first-order valence-corrected chi connectivity index (χ1v) is 7.22. The van der Waals surface area contributed by atoms with Crippen molar-refractivity contribution in [3.63, 3.8) is 0 Å². The van der Waals surface area contributed by atoms with Crippen molar-refractivity contribution in [1.82, 2.24) is 14.8 Å². The molecule has 1 fully saturated rings. The molecule has 1 aliphatic rings. The Labute approximate surface area is 113 Å². The van der Waals surface area contributed by atoms with Crippen molar-refractivity contribution in [2.24, 2.45) is 0 Å². The number of carbonyl (C=O) groups is 1. The number of carbonyl (C=O) groups excluding carboxylic acids is 1. The molecule has 2 rings (SSSR count). The minimum absolute atomic E-state index is 0.0273. The number of hydrogen-bond acceptors (Lipinski definition) is 5. The number of amides is 1. The minimum atomic E-state index is 0.0273. The van der Waals surface area contributed by atoms with Gasteiger partial charge >= 0.3 is 0 Å². The molecule has 0 unspecified atom stereocenters. The highest BCUT2D eigenvalue weighted by molar-refractivity contribution is 7.13. The van der Waals surface area contributed by atoms with Gasteiger partial charge in [0, 0.05) is 37.8 Å². The largest absolute Gasteiger partial charge is 0.304 e. The molecule has 2 heterocycles. The molecule has 0 bridgehead atoms. The number of rotatable bonds is 3. The highest BCUT2D eigenvalue weighted by Gasteiger charge is 2.16. The number of thiazole rings is 1. The van der Waals surface area contributed by atoms with E-state index in [1.54, 1.807) is 6.20 Å². The van der Waals surface area contributed by atoms with Crippen LogP contribution in [0.15, 0.2) is 11.6 Å². The maximum atomic E-state index is 11.7. The molecule has 1 saturated heterocycles. The Morgan fingerprint density at radius 2 is 2.06 bits per heavy atom. The average Bonchev–Trinajstić information content (AvgIpc) is 2.87. The van der Waals surface area contributed by atoms with Crippen LogP contribution in [0, 0.1) is 0 Å². The van der Waals surface area contributed by atoms with Crippen LogP contribution in [-0.4, -0.2) is 60.5 Å². The van der Waals surface area contributed by atoms with Crippen LogP contribution in [0.25, 0.3) is 0 Å². The SMILES string of the molecule is CC.CN1CCN(CC(=O)Nc2nccs2)CC1. The van der Waals surface area contributed by atoms with E-state index >= 15 is 0 Å². The van der Waals surface area contributed by atoms with Crippen molar-refractivity contribution < 1.29 is 4.79 Å². The Morgan fingerprint density at radius 1 is 1.39 bits per heavy atom. The zero-order chi connectivity index (χ0) is 13.4. The maximum Gasteiger partial charge on any atom is 0.240 e. The standard InChI is InChI=1S/C10H16N4OS.C2H6/c1-13-3-5-14(6-4-13)8-9(15)12-10-11-2-7-16-10;1-2/h2,7H,3-6,8H2,1H3,(H,11,12,15);1-2H3. The van der Waals surface area contributed by atoms with Gasteiger partial charge in [0.2, 0.25) is 5.91 Å². The van der Waals surface area contributed by atoms with Gasteiger partial charge in [0.25, 0.3) is 0 Å². The first-order chi connectivity index (χ1) is 8.74. The topological polar surface area (TPSA) is 48.5 Å². The van der Waals surface area contributed by atoms with E-state index in [0.29, 0.717) is 11.7 Å². The van der Waals surface area contributed by atoms with Gasteiger partial charge in [0.15, 0.2) is 5.13 Å². The van der Waals surface area contributed by atoms with E-state index in [0.717, 1.165) is 26.2 Å². The number of aromatic nitrogens is 1. The fraction of sp³-hybridized carbons (Fsp3) is 0.667. The Morgan fingerprint density at radius 3 is 2.61 bits per heavy atom. The van der Waals surface area contributed by atoms with E-state index in [1.807, 2.05) is 19.2 Å². The van der Waals surface area contributed by atoms with Crippen LogP contribution in [0.1, 0.15) is 13.8 Å². The smallest absolute Gasteiger partial charge is 0.240 e. The Kier molecular flexibility index (Phi) is 6.85. The molecule has 1 aromatic rings. The molecule has 18 heavy (non-hydrogen) atoms. The van der Waals surface area contributed by atoms with Crippen LogP contribution >= 0.6 is 11.3 Å². The fourth-order valence-corrected chi connectivity index (χ4v) is 2.20. The van der Waals surface area contributed by atoms with Crippen molar-refractivity contribution in [3.05, 3.63) is 11.6 Å². The summed E-state index contributed by atoms with van der Waals surface area (Å²) in [6, 6.07) is 0. The zero-order valence-corrected chi connectivity index (χ0v) is 12.2. The van der Waals surface area contributed by atoms with Gasteiger partial charge in [-0.05, 0) is 7.05 Å². The molecule has 0 aromatic carbocycles. The molecule has 0 saturated carbocycles. The molecule has 5 nitrogen and oxygen atoms in total. The molecular weight excluding hydrogens is 248 g/mol. The third kappa shape index (κ3) is 5.12. The van der Waals surface area contributed by atoms with Crippen LogP contribution in [0.5, 0.6) is 0 Å². The average molecular weight is 270 g/mol. The van der Waals surface area contributed by atoms with Crippen LogP contribution in [0.3, 0.4) is 0 Å². The molecule has 0 aliphatic carbocycles. The number of likely N-dealkylation sites (N-methyl/N-ethyl adjacent to an activating group) is 1. The van der Waals surface area contributed by atoms with Crippen LogP contribution in [-0.2, 0) is 4.79 Å². The summed E-state index contributed by atoms with van der Waals surface area (Å²) in [4.78, 5) is 20.1. The van der Waals surface area contributed by atoms with Gasteiger partial charge in [-0.2, -0.15) is 0 Å². The minimum Gasteiger partial charge on any atom is -0.304 e. The second kappa shape index (κ2) is 8.18. The summed E-state index contributed by atoms with van der Waals surface area (Å²) in [7, 11) is 2.10. The second-order valence-electron chi connectivity index (χ2n) is 3.96. The third-order valence-corrected chi connectivity index (χ3v) is 3.33. The first kappa shape index (κ1) is 15.1. The molecule has 0 radical (unpaired) electrons. The second-order valence-corrected chi connectivity index (χ2v) is 4.86. The number of piperazine rings is 1. The number of nitrogens with zero attached hydrogens (tertiary/aromatic N) is 3. The van der Waals surface area contributed by atoms with E-state index in [2.05, 4.69) is 27.1 Å². The molecule has 0 atom stereocenters. The van der Waals surface area contributed by atoms with Gasteiger partial charge in [0.05, 0.1) is 6.54 Å². The van der Waals surface area contributed by atoms with Crippen LogP contribution in [0.4, 0.5) is 5.13 Å². The molecule has 1 N–H and O–H groups in total. The molecule has 6 heteroatoms. The van der Waals surface area contributed by atoms with E-state index in [4.69, 9.17) is 0 Å². The van der Waals surface area contributed by atoms with Gasteiger partial charge in [-0.3, -0.25) is 9.69 Å². The van der Waals surface area contributed by atoms with Gasteiger partial charge in [-0.15, -0.1) is 11.3 Å². The summed E-state index contributed by atoms with van der Waals surface area (Å²) < 4.78 is 0. The molecule has 1 aromatic heterocycles. The Balaban J connectivity index is 0.000000771. The van der Waals surface area contributed by atoms with E-state index < -0.39 is 0 Å². The quantitative estimate of drug-likeness (QED) is 0.901. The van der Waals surface area contributed by atoms with E-state index in [-0.39, 0.29) is 5.91 Å².